The molecule has 2 heterocycles. The molecule has 0 saturated carbocycles. The molecule has 0 N–H and O–H groups in total. The smallest absolute Gasteiger partial charge is 0.160 e. The van der Waals surface area contributed by atoms with Gasteiger partial charge in [0.2, 0.25) is 0 Å². The summed E-state index contributed by atoms with van der Waals surface area (Å²) in [6.07, 6.45) is 0. The summed E-state index contributed by atoms with van der Waals surface area (Å²) in [5, 5.41) is 1.13. The van der Waals surface area contributed by atoms with E-state index in [1.165, 1.54) is 33.4 Å². The SMILES string of the molecule is CC1(C)c2ccccc2-c2cc3c(-c4ccc(-c5nc(-c6ccccc6)cc(-c6ccccc6)n5)cc4)cc(-c4cccc(-c5ccccc5)c4)nc3cc21. The Labute approximate surface area is 321 Å². The van der Waals surface area contributed by atoms with E-state index in [2.05, 4.69) is 166 Å². The minimum absolute atomic E-state index is 0.125. The molecule has 2 aromatic heterocycles. The second-order valence-corrected chi connectivity index (χ2v) is 14.9. The zero-order chi connectivity index (χ0) is 36.9. The molecule has 55 heavy (non-hydrogen) atoms. The minimum atomic E-state index is -0.125. The van der Waals surface area contributed by atoms with Crippen LogP contribution in [0.2, 0.25) is 0 Å². The summed E-state index contributed by atoms with van der Waals surface area (Å²) in [5.41, 5.74) is 17.6. The highest BCUT2D eigenvalue weighted by Gasteiger charge is 2.35. The number of pyridine rings is 1. The van der Waals surface area contributed by atoms with Crippen LogP contribution in [-0.4, -0.2) is 15.0 Å². The Balaban J connectivity index is 1.14. The fourth-order valence-corrected chi connectivity index (χ4v) is 8.19. The van der Waals surface area contributed by atoms with Gasteiger partial charge in [0, 0.05) is 33.1 Å². The molecule has 7 aromatic carbocycles. The van der Waals surface area contributed by atoms with Crippen molar-refractivity contribution in [3.05, 3.63) is 199 Å². The Morgan fingerprint density at radius 2 is 0.873 bits per heavy atom. The van der Waals surface area contributed by atoms with Gasteiger partial charge in [-0.05, 0) is 74.8 Å². The van der Waals surface area contributed by atoms with E-state index in [4.69, 9.17) is 15.0 Å². The second kappa shape index (κ2) is 13.2. The molecule has 0 atom stereocenters. The first-order valence-electron chi connectivity index (χ1n) is 18.9. The standard InChI is InChI=1S/C52H37N3/c1-52(2)45-24-13-12-23-41(45)43-30-44-42(31-47(53-50(44)32-46(43)52)40-22-14-21-39(29-40)34-15-6-3-7-16-34)35-25-27-38(28-26-35)51-54-48(36-17-8-4-9-18-36)33-49(55-51)37-19-10-5-11-20-37/h3-33H,1-2H3. The predicted molar refractivity (Wildman–Crippen MR) is 228 cm³/mol. The monoisotopic (exact) mass is 703 g/mol. The van der Waals surface area contributed by atoms with Crippen LogP contribution in [0.1, 0.15) is 25.0 Å². The minimum Gasteiger partial charge on any atom is -0.248 e. The van der Waals surface area contributed by atoms with Gasteiger partial charge in [0.1, 0.15) is 0 Å². The fraction of sp³-hybridized carbons (Fsp3) is 0.0577. The average molecular weight is 704 g/mol. The fourth-order valence-electron chi connectivity index (χ4n) is 8.19. The van der Waals surface area contributed by atoms with Crippen molar-refractivity contribution >= 4 is 10.9 Å². The summed E-state index contributed by atoms with van der Waals surface area (Å²) in [7, 11) is 0. The number of hydrogen-bond donors (Lipinski definition) is 0. The summed E-state index contributed by atoms with van der Waals surface area (Å²) >= 11 is 0. The zero-order valence-corrected chi connectivity index (χ0v) is 30.7. The lowest BCUT2D eigenvalue weighted by molar-refractivity contribution is 0.661. The van der Waals surface area contributed by atoms with Gasteiger partial charge in [0.25, 0.3) is 0 Å². The molecule has 9 aromatic rings. The van der Waals surface area contributed by atoms with Gasteiger partial charge in [-0.15, -0.1) is 0 Å². The lowest BCUT2D eigenvalue weighted by atomic mass is 9.82. The molecule has 0 amide bonds. The molecule has 0 fully saturated rings. The highest BCUT2D eigenvalue weighted by molar-refractivity contribution is 6.01. The number of hydrogen-bond acceptors (Lipinski definition) is 3. The van der Waals surface area contributed by atoms with Crippen molar-refractivity contribution in [2.45, 2.75) is 19.3 Å². The Kier molecular flexibility index (Phi) is 7.81. The van der Waals surface area contributed by atoms with Crippen LogP contribution in [0.25, 0.3) is 89.4 Å². The first-order chi connectivity index (χ1) is 27.0. The van der Waals surface area contributed by atoms with Gasteiger partial charge in [0.05, 0.1) is 22.6 Å². The molecule has 0 saturated heterocycles. The van der Waals surface area contributed by atoms with E-state index in [1.54, 1.807) is 0 Å². The highest BCUT2D eigenvalue weighted by atomic mass is 14.9. The van der Waals surface area contributed by atoms with Gasteiger partial charge in [-0.1, -0.05) is 172 Å². The summed E-state index contributed by atoms with van der Waals surface area (Å²) in [4.78, 5) is 15.6. The Morgan fingerprint density at radius 1 is 0.327 bits per heavy atom. The van der Waals surface area contributed by atoms with E-state index in [-0.39, 0.29) is 5.41 Å². The Hall–Kier alpha value is -6.97. The van der Waals surface area contributed by atoms with Crippen LogP contribution < -0.4 is 0 Å². The van der Waals surface area contributed by atoms with E-state index in [0.717, 1.165) is 61.4 Å². The average Bonchev–Trinajstić information content (AvgIpc) is 3.48. The van der Waals surface area contributed by atoms with E-state index in [0.29, 0.717) is 5.82 Å². The normalized spacial score (nSPS) is 12.7. The third-order valence-corrected chi connectivity index (χ3v) is 11.1. The largest absolute Gasteiger partial charge is 0.248 e. The van der Waals surface area contributed by atoms with Gasteiger partial charge in [-0.3, -0.25) is 0 Å². The summed E-state index contributed by atoms with van der Waals surface area (Å²) in [5.74, 6) is 0.696. The van der Waals surface area contributed by atoms with Gasteiger partial charge in [-0.2, -0.15) is 0 Å². The van der Waals surface area contributed by atoms with Crippen molar-refractivity contribution in [2.75, 3.05) is 0 Å². The molecule has 3 nitrogen and oxygen atoms in total. The lowest BCUT2D eigenvalue weighted by Gasteiger charge is -2.22. The van der Waals surface area contributed by atoms with Gasteiger partial charge < -0.3 is 0 Å². The Bertz CT molecular complexity index is 2800. The maximum absolute atomic E-state index is 5.39. The number of fused-ring (bicyclic) bond motifs is 4. The van der Waals surface area contributed by atoms with Crippen LogP contribution in [0.4, 0.5) is 0 Å². The topological polar surface area (TPSA) is 38.7 Å². The maximum Gasteiger partial charge on any atom is 0.160 e. The first kappa shape index (κ1) is 32.7. The molecule has 0 radical (unpaired) electrons. The van der Waals surface area contributed by atoms with Crippen molar-refractivity contribution in [1.29, 1.82) is 0 Å². The van der Waals surface area contributed by atoms with Crippen molar-refractivity contribution in [1.82, 2.24) is 15.0 Å². The molecule has 3 heteroatoms. The number of aromatic nitrogens is 3. The van der Waals surface area contributed by atoms with Crippen LogP contribution in [0, 0.1) is 0 Å². The summed E-state index contributed by atoms with van der Waals surface area (Å²) < 4.78 is 0. The number of nitrogens with zero attached hydrogens (tertiary/aromatic N) is 3. The van der Waals surface area contributed by atoms with Crippen LogP contribution >= 0.6 is 0 Å². The van der Waals surface area contributed by atoms with Crippen molar-refractivity contribution in [3.8, 4) is 78.5 Å². The molecular formula is C52H37N3. The Morgan fingerprint density at radius 3 is 1.55 bits per heavy atom. The van der Waals surface area contributed by atoms with E-state index in [1.807, 2.05) is 36.4 Å². The van der Waals surface area contributed by atoms with Crippen LogP contribution in [0.15, 0.2) is 188 Å². The first-order valence-corrected chi connectivity index (χ1v) is 18.9. The van der Waals surface area contributed by atoms with Crippen LogP contribution in [0.3, 0.4) is 0 Å². The third-order valence-electron chi connectivity index (χ3n) is 11.1. The van der Waals surface area contributed by atoms with Crippen LogP contribution in [0.5, 0.6) is 0 Å². The molecule has 10 rings (SSSR count). The van der Waals surface area contributed by atoms with Crippen LogP contribution in [-0.2, 0) is 5.41 Å². The molecule has 0 aliphatic heterocycles. The molecule has 1 aliphatic carbocycles. The predicted octanol–water partition coefficient (Wildman–Crippen LogP) is 13.3. The maximum atomic E-state index is 5.39. The van der Waals surface area contributed by atoms with Gasteiger partial charge in [-0.25, -0.2) is 15.0 Å². The molecule has 0 unspecified atom stereocenters. The quantitative estimate of drug-likeness (QED) is 0.173. The van der Waals surface area contributed by atoms with Gasteiger partial charge in [0.15, 0.2) is 5.82 Å². The van der Waals surface area contributed by atoms with E-state index < -0.39 is 0 Å². The molecule has 1 aliphatic rings. The molecule has 260 valence electrons. The molecular weight excluding hydrogens is 667 g/mol. The number of rotatable bonds is 6. The molecule has 0 spiro atoms. The lowest BCUT2D eigenvalue weighted by Crippen LogP contribution is -2.14. The van der Waals surface area contributed by atoms with E-state index in [9.17, 15) is 0 Å². The van der Waals surface area contributed by atoms with E-state index >= 15 is 0 Å². The van der Waals surface area contributed by atoms with Crippen molar-refractivity contribution in [3.63, 3.8) is 0 Å². The highest BCUT2D eigenvalue weighted by Crippen LogP contribution is 2.50. The summed E-state index contributed by atoms with van der Waals surface area (Å²) in [6.45, 7) is 4.66. The van der Waals surface area contributed by atoms with Gasteiger partial charge >= 0.3 is 0 Å². The number of benzene rings is 7. The third kappa shape index (κ3) is 5.82. The second-order valence-electron chi connectivity index (χ2n) is 14.9. The zero-order valence-electron chi connectivity index (χ0n) is 30.7. The van der Waals surface area contributed by atoms with Crippen molar-refractivity contribution in [2.24, 2.45) is 0 Å². The van der Waals surface area contributed by atoms with Crippen molar-refractivity contribution < 1.29 is 0 Å². The molecule has 0 bridgehead atoms. The summed E-state index contributed by atoms with van der Waals surface area (Å²) in [6, 6.07) is 66.5.